The summed E-state index contributed by atoms with van der Waals surface area (Å²) in [6, 6.07) is 9.47. The molecule has 1 aromatic heterocycles. The maximum absolute atomic E-state index is 12.7. The molecular weight excluding hydrogens is 344 g/mol. The van der Waals surface area contributed by atoms with Crippen LogP contribution in [-0.4, -0.2) is 34.3 Å². The Balaban J connectivity index is 2.36. The van der Waals surface area contributed by atoms with E-state index >= 15 is 0 Å². The van der Waals surface area contributed by atoms with Crippen molar-refractivity contribution in [2.45, 2.75) is 18.5 Å². The fraction of sp³-hybridized carbons (Fsp3) is 0.333. The Hall–Kier alpha value is -1.25. The second kappa shape index (κ2) is 6.02. The lowest BCUT2D eigenvalue weighted by Gasteiger charge is -2.20. The number of aryl methyl sites for hydroxylation is 1. The highest BCUT2D eigenvalue weighted by Gasteiger charge is 2.30. The van der Waals surface area contributed by atoms with Gasteiger partial charge in [0, 0.05) is 20.1 Å². The lowest BCUT2D eigenvalue weighted by Crippen LogP contribution is -2.32. The normalized spacial score (nSPS) is 12.0. The summed E-state index contributed by atoms with van der Waals surface area (Å²) in [6.07, 6.45) is 0. The zero-order chi connectivity index (χ0) is 14.8. The van der Waals surface area contributed by atoms with Crippen LogP contribution < -0.4 is 0 Å². The van der Waals surface area contributed by atoms with Crippen molar-refractivity contribution in [2.24, 2.45) is 7.05 Å². The molecule has 0 N–H and O–H groups in total. The summed E-state index contributed by atoms with van der Waals surface area (Å²) in [5.41, 5.74) is 0.934. The van der Waals surface area contributed by atoms with Crippen LogP contribution in [0.5, 0.6) is 0 Å². The van der Waals surface area contributed by atoms with E-state index in [9.17, 15) is 8.42 Å². The van der Waals surface area contributed by atoms with Gasteiger partial charge in [0.2, 0.25) is 5.03 Å². The van der Waals surface area contributed by atoms with Crippen molar-refractivity contribution in [1.82, 2.24) is 19.3 Å². The summed E-state index contributed by atoms with van der Waals surface area (Å²) in [6.45, 7) is 2.49. The maximum atomic E-state index is 12.7. The van der Waals surface area contributed by atoms with Gasteiger partial charge in [0.05, 0.1) is 0 Å². The van der Waals surface area contributed by atoms with Gasteiger partial charge in [0.25, 0.3) is 10.0 Å². The van der Waals surface area contributed by atoms with Gasteiger partial charge < -0.3 is 0 Å². The van der Waals surface area contributed by atoms with Crippen molar-refractivity contribution in [2.75, 3.05) is 6.54 Å². The van der Waals surface area contributed by atoms with Crippen LogP contribution in [0.2, 0.25) is 0 Å². The first-order valence-corrected chi connectivity index (χ1v) is 8.29. The molecule has 0 spiro atoms. The van der Waals surface area contributed by atoms with E-state index in [0.717, 1.165) is 5.56 Å². The second-order valence-electron chi connectivity index (χ2n) is 4.23. The maximum Gasteiger partial charge on any atom is 0.263 e. The van der Waals surface area contributed by atoms with Crippen LogP contribution in [0.15, 0.2) is 40.0 Å². The predicted molar refractivity (Wildman–Crippen MR) is 78.4 cm³/mol. The smallest absolute Gasteiger partial charge is 0.235 e. The van der Waals surface area contributed by atoms with Crippen molar-refractivity contribution in [1.29, 1.82) is 0 Å². The molecular formula is C12H15BrN4O2S. The van der Waals surface area contributed by atoms with E-state index in [0.29, 0.717) is 13.1 Å². The first kappa shape index (κ1) is 15.1. The Morgan fingerprint density at radius 3 is 2.45 bits per heavy atom. The topological polar surface area (TPSA) is 68.1 Å². The Kier molecular flexibility index (Phi) is 4.56. The lowest BCUT2D eigenvalue weighted by molar-refractivity contribution is 0.416. The third-order valence-corrected chi connectivity index (χ3v) is 5.69. The van der Waals surface area contributed by atoms with Gasteiger partial charge in [0.1, 0.15) is 0 Å². The molecule has 2 aromatic rings. The molecule has 108 valence electrons. The molecule has 20 heavy (non-hydrogen) atoms. The number of sulfonamides is 1. The van der Waals surface area contributed by atoms with Crippen LogP contribution in [-0.2, 0) is 23.6 Å². The highest BCUT2D eigenvalue weighted by molar-refractivity contribution is 9.10. The zero-order valence-corrected chi connectivity index (χ0v) is 13.6. The third kappa shape index (κ3) is 2.92. The average Bonchev–Trinajstić information content (AvgIpc) is 2.77. The molecule has 0 saturated heterocycles. The molecule has 0 fully saturated rings. The summed E-state index contributed by atoms with van der Waals surface area (Å²) in [5, 5.41) is 7.52. The van der Waals surface area contributed by atoms with Gasteiger partial charge in [-0.15, -0.1) is 5.10 Å². The molecule has 8 heteroatoms. The predicted octanol–water partition coefficient (Wildman–Crippen LogP) is 1.79. The van der Waals surface area contributed by atoms with E-state index < -0.39 is 10.0 Å². The van der Waals surface area contributed by atoms with Crippen molar-refractivity contribution < 1.29 is 8.42 Å². The number of rotatable bonds is 5. The standard InChI is InChI=1S/C12H15BrN4O2S/c1-3-17(9-10-7-5-4-6-8-10)20(18,19)12-11(13)14-15-16(12)2/h4-8H,3,9H2,1-2H3. The summed E-state index contributed by atoms with van der Waals surface area (Å²) >= 11 is 3.14. The summed E-state index contributed by atoms with van der Waals surface area (Å²) in [7, 11) is -2.09. The van der Waals surface area contributed by atoms with Crippen LogP contribution in [0.25, 0.3) is 0 Å². The van der Waals surface area contributed by atoms with Gasteiger partial charge in [0.15, 0.2) is 4.60 Å². The lowest BCUT2D eigenvalue weighted by atomic mass is 10.2. The van der Waals surface area contributed by atoms with Crippen LogP contribution in [0, 0.1) is 0 Å². The number of aromatic nitrogens is 3. The van der Waals surface area contributed by atoms with Crippen molar-refractivity contribution in [3.63, 3.8) is 0 Å². The van der Waals surface area contributed by atoms with E-state index in [4.69, 9.17) is 0 Å². The summed E-state index contributed by atoms with van der Waals surface area (Å²) in [5.74, 6) is 0. The molecule has 0 radical (unpaired) electrons. The van der Waals surface area contributed by atoms with E-state index in [1.54, 1.807) is 14.0 Å². The molecule has 6 nitrogen and oxygen atoms in total. The molecule has 0 atom stereocenters. The molecule has 0 amide bonds. The van der Waals surface area contributed by atoms with Gasteiger partial charge >= 0.3 is 0 Å². The molecule has 0 aliphatic carbocycles. The monoisotopic (exact) mass is 358 g/mol. The Bertz CT molecular complexity index is 665. The molecule has 1 heterocycles. The minimum Gasteiger partial charge on any atom is -0.235 e. The molecule has 0 unspecified atom stereocenters. The highest BCUT2D eigenvalue weighted by Crippen LogP contribution is 2.23. The minimum atomic E-state index is -3.64. The fourth-order valence-corrected chi connectivity index (χ4v) is 4.34. The first-order valence-electron chi connectivity index (χ1n) is 6.06. The Morgan fingerprint density at radius 1 is 1.30 bits per heavy atom. The number of halogens is 1. The van der Waals surface area contributed by atoms with Crippen LogP contribution >= 0.6 is 15.9 Å². The fourth-order valence-electron chi connectivity index (χ4n) is 1.87. The SMILES string of the molecule is CCN(Cc1ccccc1)S(=O)(=O)c1c(Br)nnn1C. The van der Waals surface area contributed by atoms with E-state index in [1.807, 2.05) is 30.3 Å². The van der Waals surface area contributed by atoms with E-state index in [1.165, 1.54) is 8.99 Å². The summed E-state index contributed by atoms with van der Waals surface area (Å²) in [4.78, 5) is 0. The van der Waals surface area contributed by atoms with Crippen LogP contribution in [0.1, 0.15) is 12.5 Å². The summed E-state index contributed by atoms with van der Waals surface area (Å²) < 4.78 is 28.2. The molecule has 2 rings (SSSR count). The Labute approximate surface area is 126 Å². The number of benzene rings is 1. The van der Waals surface area contributed by atoms with Gasteiger partial charge in [-0.25, -0.2) is 13.1 Å². The average molecular weight is 359 g/mol. The van der Waals surface area contributed by atoms with Crippen molar-refractivity contribution in [3.8, 4) is 0 Å². The van der Waals surface area contributed by atoms with E-state index in [2.05, 4.69) is 26.2 Å². The highest BCUT2D eigenvalue weighted by atomic mass is 79.9. The second-order valence-corrected chi connectivity index (χ2v) is 6.83. The number of hydrogen-bond acceptors (Lipinski definition) is 4. The largest absolute Gasteiger partial charge is 0.263 e. The number of hydrogen-bond donors (Lipinski definition) is 0. The third-order valence-electron chi connectivity index (χ3n) is 2.88. The van der Waals surface area contributed by atoms with Crippen molar-refractivity contribution >= 4 is 26.0 Å². The molecule has 0 saturated carbocycles. The Morgan fingerprint density at radius 2 is 1.95 bits per heavy atom. The molecule has 0 bridgehead atoms. The van der Waals surface area contributed by atoms with Crippen molar-refractivity contribution in [3.05, 3.63) is 40.5 Å². The van der Waals surface area contributed by atoms with Gasteiger partial charge in [-0.1, -0.05) is 42.5 Å². The quantitative estimate of drug-likeness (QED) is 0.816. The van der Waals surface area contributed by atoms with Crippen LogP contribution in [0.3, 0.4) is 0 Å². The van der Waals surface area contributed by atoms with Crippen LogP contribution in [0.4, 0.5) is 0 Å². The molecule has 0 aliphatic rings. The molecule has 0 aliphatic heterocycles. The molecule has 1 aromatic carbocycles. The van der Waals surface area contributed by atoms with Gasteiger partial charge in [-0.05, 0) is 21.5 Å². The van der Waals surface area contributed by atoms with E-state index in [-0.39, 0.29) is 9.63 Å². The van der Waals surface area contributed by atoms with Gasteiger partial charge in [-0.3, -0.25) is 0 Å². The number of nitrogens with zero attached hydrogens (tertiary/aromatic N) is 4. The first-order chi connectivity index (χ1) is 9.46. The van der Waals surface area contributed by atoms with Gasteiger partial charge in [-0.2, -0.15) is 4.31 Å². The minimum absolute atomic E-state index is 0.0651. The zero-order valence-electron chi connectivity index (χ0n) is 11.2.